The van der Waals surface area contributed by atoms with Gasteiger partial charge in [-0.3, -0.25) is 23.5 Å². The van der Waals surface area contributed by atoms with E-state index in [1.807, 2.05) is 13.8 Å². The van der Waals surface area contributed by atoms with E-state index in [1.165, 1.54) is 23.4 Å². The van der Waals surface area contributed by atoms with Crippen LogP contribution in [0.5, 0.6) is 0 Å². The van der Waals surface area contributed by atoms with E-state index in [2.05, 4.69) is 10.3 Å². The number of pyridine rings is 1. The summed E-state index contributed by atoms with van der Waals surface area (Å²) in [5, 5.41) is 2.82. The number of ether oxygens (including phenoxy) is 1. The lowest BCUT2D eigenvalue weighted by Crippen LogP contribution is -2.37. The number of hydrogen-bond donors (Lipinski definition) is 1. The number of carbonyl (C=O) groups excluding carboxylic acids is 2. The summed E-state index contributed by atoms with van der Waals surface area (Å²) >= 11 is 1.20. The Labute approximate surface area is 172 Å². The van der Waals surface area contributed by atoms with Gasteiger partial charge in [-0.25, -0.2) is 9.78 Å². The van der Waals surface area contributed by atoms with Crippen LogP contribution in [-0.4, -0.2) is 44.9 Å². The fraction of sp³-hybridized carbons (Fsp3) is 0.526. The molecule has 0 aromatic carbocycles. The normalized spacial score (nSPS) is 11.1. The van der Waals surface area contributed by atoms with Gasteiger partial charge in [0.25, 0.3) is 5.56 Å². The number of thioether (sulfide) groups is 1. The molecule has 0 radical (unpaired) electrons. The molecule has 0 saturated carbocycles. The summed E-state index contributed by atoms with van der Waals surface area (Å²) in [5.41, 5.74) is 0.205. The highest BCUT2D eigenvalue weighted by Crippen LogP contribution is 2.29. The molecule has 0 spiro atoms. The molecule has 158 valence electrons. The van der Waals surface area contributed by atoms with Gasteiger partial charge in [0, 0.05) is 25.2 Å². The maximum atomic E-state index is 12.8. The van der Waals surface area contributed by atoms with E-state index in [1.54, 1.807) is 20.2 Å². The van der Waals surface area contributed by atoms with E-state index in [0.29, 0.717) is 22.6 Å². The van der Waals surface area contributed by atoms with Crippen LogP contribution in [0.15, 0.2) is 20.7 Å². The number of rotatable bonds is 8. The van der Waals surface area contributed by atoms with Crippen molar-refractivity contribution in [3.8, 4) is 0 Å². The Kier molecular flexibility index (Phi) is 7.60. The fourth-order valence-electron chi connectivity index (χ4n) is 2.86. The SMILES string of the molecule is CCOC(=O)CNC(=O)CSc1c(CC(C)C)cnc2c1c(=O)n(C)c(=O)n2C. The zero-order chi connectivity index (χ0) is 21.7. The number of aromatic nitrogens is 3. The number of nitrogens with one attached hydrogen (secondary N) is 1. The summed E-state index contributed by atoms with van der Waals surface area (Å²) in [6.07, 6.45) is 2.32. The highest BCUT2D eigenvalue weighted by molar-refractivity contribution is 8.00. The summed E-state index contributed by atoms with van der Waals surface area (Å²) in [6.45, 7) is 5.81. The fourth-order valence-corrected chi connectivity index (χ4v) is 3.89. The number of amides is 1. The van der Waals surface area contributed by atoms with Crippen LogP contribution in [0.2, 0.25) is 0 Å². The lowest BCUT2D eigenvalue weighted by Gasteiger charge is -2.15. The van der Waals surface area contributed by atoms with Crippen molar-refractivity contribution in [2.75, 3.05) is 18.9 Å². The molecule has 1 N–H and O–H groups in total. The molecule has 1 amide bonds. The van der Waals surface area contributed by atoms with E-state index in [4.69, 9.17) is 4.74 Å². The van der Waals surface area contributed by atoms with Crippen molar-refractivity contribution >= 4 is 34.7 Å². The van der Waals surface area contributed by atoms with E-state index in [0.717, 1.165) is 10.1 Å². The lowest BCUT2D eigenvalue weighted by atomic mass is 10.0. The molecule has 9 nitrogen and oxygen atoms in total. The molecular formula is C19H26N4O5S. The number of nitrogens with zero attached hydrogens (tertiary/aromatic N) is 3. The summed E-state index contributed by atoms with van der Waals surface area (Å²) in [6, 6.07) is 0. The minimum atomic E-state index is -0.510. The summed E-state index contributed by atoms with van der Waals surface area (Å²) in [4.78, 5) is 53.6. The van der Waals surface area contributed by atoms with Gasteiger partial charge in [-0.05, 0) is 24.8 Å². The van der Waals surface area contributed by atoms with Crippen molar-refractivity contribution < 1.29 is 14.3 Å². The van der Waals surface area contributed by atoms with Crippen LogP contribution in [0.25, 0.3) is 11.0 Å². The summed E-state index contributed by atoms with van der Waals surface area (Å²) in [7, 11) is 2.97. The molecule has 0 fully saturated rings. The summed E-state index contributed by atoms with van der Waals surface area (Å²) < 4.78 is 7.14. The van der Waals surface area contributed by atoms with E-state index in [9.17, 15) is 19.2 Å². The zero-order valence-corrected chi connectivity index (χ0v) is 18.1. The van der Waals surface area contributed by atoms with Crippen LogP contribution in [-0.2, 0) is 34.8 Å². The first-order valence-electron chi connectivity index (χ1n) is 9.30. The van der Waals surface area contributed by atoms with Crippen LogP contribution < -0.4 is 16.6 Å². The van der Waals surface area contributed by atoms with Crippen LogP contribution in [0.4, 0.5) is 0 Å². The number of aryl methyl sites for hydroxylation is 1. The number of fused-ring (bicyclic) bond motifs is 1. The molecule has 10 heteroatoms. The Bertz CT molecular complexity index is 1040. The first-order valence-corrected chi connectivity index (χ1v) is 10.3. The molecule has 0 atom stereocenters. The minimum absolute atomic E-state index is 0.00953. The third-order valence-corrected chi connectivity index (χ3v) is 5.37. The van der Waals surface area contributed by atoms with Crippen LogP contribution >= 0.6 is 11.8 Å². The number of hydrogen-bond acceptors (Lipinski definition) is 7. The van der Waals surface area contributed by atoms with E-state index >= 15 is 0 Å². The predicted octanol–water partition coefficient (Wildman–Crippen LogP) is 0.602. The average molecular weight is 423 g/mol. The number of carbonyl (C=O) groups is 2. The van der Waals surface area contributed by atoms with Gasteiger partial charge < -0.3 is 10.1 Å². The lowest BCUT2D eigenvalue weighted by molar-refractivity contribution is -0.143. The summed E-state index contributed by atoms with van der Waals surface area (Å²) in [5.74, 6) is -0.548. The third kappa shape index (κ3) is 5.26. The van der Waals surface area contributed by atoms with Gasteiger partial charge >= 0.3 is 11.7 Å². The molecule has 2 aromatic rings. The molecule has 0 saturated heterocycles. The van der Waals surface area contributed by atoms with Gasteiger partial charge in [0.05, 0.1) is 17.7 Å². The molecule has 2 aromatic heterocycles. The Morgan fingerprint density at radius 2 is 1.93 bits per heavy atom. The molecular weight excluding hydrogens is 396 g/mol. The quantitative estimate of drug-likeness (QED) is 0.490. The van der Waals surface area contributed by atoms with Gasteiger partial charge in [-0.15, -0.1) is 11.8 Å². The Morgan fingerprint density at radius 1 is 1.24 bits per heavy atom. The Morgan fingerprint density at radius 3 is 2.55 bits per heavy atom. The van der Waals surface area contributed by atoms with Crippen molar-refractivity contribution in [2.24, 2.45) is 20.0 Å². The van der Waals surface area contributed by atoms with Crippen molar-refractivity contribution in [1.29, 1.82) is 0 Å². The van der Waals surface area contributed by atoms with E-state index < -0.39 is 17.2 Å². The molecule has 0 aliphatic carbocycles. The predicted molar refractivity (Wildman–Crippen MR) is 111 cm³/mol. The van der Waals surface area contributed by atoms with Crippen molar-refractivity contribution in [3.05, 3.63) is 32.6 Å². The highest BCUT2D eigenvalue weighted by Gasteiger charge is 2.19. The van der Waals surface area contributed by atoms with Gasteiger partial charge in [-0.1, -0.05) is 13.8 Å². The third-order valence-electron chi connectivity index (χ3n) is 4.21. The molecule has 0 unspecified atom stereocenters. The molecule has 0 aliphatic heterocycles. The van der Waals surface area contributed by atoms with Gasteiger partial charge in [-0.2, -0.15) is 0 Å². The smallest absolute Gasteiger partial charge is 0.332 e. The van der Waals surface area contributed by atoms with Gasteiger partial charge in [0.1, 0.15) is 12.2 Å². The Hall–Kier alpha value is -2.62. The molecule has 2 rings (SSSR count). The van der Waals surface area contributed by atoms with Crippen LogP contribution in [0.1, 0.15) is 26.3 Å². The second-order valence-electron chi connectivity index (χ2n) is 6.99. The van der Waals surface area contributed by atoms with E-state index in [-0.39, 0.29) is 30.5 Å². The Balaban J connectivity index is 2.41. The second-order valence-corrected chi connectivity index (χ2v) is 7.97. The van der Waals surface area contributed by atoms with Crippen molar-refractivity contribution in [3.63, 3.8) is 0 Å². The average Bonchev–Trinajstić information content (AvgIpc) is 2.67. The second kappa shape index (κ2) is 9.73. The largest absolute Gasteiger partial charge is 0.465 e. The molecule has 29 heavy (non-hydrogen) atoms. The minimum Gasteiger partial charge on any atom is -0.465 e. The first kappa shape index (κ1) is 22.7. The maximum Gasteiger partial charge on any atom is 0.332 e. The standard InChI is InChI=1S/C19H26N4O5S/c1-6-28-14(25)9-20-13(24)10-29-16-12(7-11(2)3)8-21-17-15(16)18(26)23(5)19(27)22(17)4/h8,11H,6-7,9-10H2,1-5H3,(H,20,24). The molecule has 0 aliphatic rings. The maximum absolute atomic E-state index is 12.8. The zero-order valence-electron chi connectivity index (χ0n) is 17.3. The van der Waals surface area contributed by atoms with Crippen LogP contribution in [0, 0.1) is 5.92 Å². The van der Waals surface area contributed by atoms with Crippen molar-refractivity contribution in [2.45, 2.75) is 32.1 Å². The first-order chi connectivity index (χ1) is 13.7. The van der Waals surface area contributed by atoms with Gasteiger partial charge in [0.15, 0.2) is 0 Å². The topological polar surface area (TPSA) is 112 Å². The van der Waals surface area contributed by atoms with Crippen molar-refractivity contribution in [1.82, 2.24) is 19.4 Å². The number of esters is 1. The van der Waals surface area contributed by atoms with Gasteiger partial charge in [0.2, 0.25) is 5.91 Å². The monoisotopic (exact) mass is 422 g/mol. The molecule has 2 heterocycles. The van der Waals surface area contributed by atoms with Crippen LogP contribution in [0.3, 0.4) is 0 Å². The highest BCUT2D eigenvalue weighted by atomic mass is 32.2. The molecule has 0 bridgehead atoms.